The molecule has 4 aromatic rings. The van der Waals surface area contributed by atoms with E-state index in [1.165, 1.54) is 23.4 Å². The van der Waals surface area contributed by atoms with Gasteiger partial charge in [0, 0.05) is 18.2 Å². The molecule has 5 nitrogen and oxygen atoms in total. The summed E-state index contributed by atoms with van der Waals surface area (Å²) in [7, 11) is 1.42. The lowest BCUT2D eigenvalue weighted by atomic mass is 9.96. The van der Waals surface area contributed by atoms with Crippen molar-refractivity contribution in [1.82, 2.24) is 5.32 Å². The third-order valence-electron chi connectivity index (χ3n) is 7.34. The van der Waals surface area contributed by atoms with Crippen LogP contribution in [0, 0.1) is 6.92 Å². The molecule has 6 heteroatoms. The first-order chi connectivity index (χ1) is 17.9. The van der Waals surface area contributed by atoms with E-state index in [9.17, 15) is 4.79 Å². The Morgan fingerprint density at radius 3 is 2.61 bits per heavy atom. The fourth-order valence-electron chi connectivity index (χ4n) is 5.24. The normalized spacial score (nSPS) is 17.2. The number of nitrogens with one attached hydrogen (secondary N) is 1. The first-order valence-corrected chi connectivity index (χ1v) is 12.8. The van der Waals surface area contributed by atoms with Crippen LogP contribution in [0.5, 0.6) is 5.75 Å². The fourth-order valence-corrected chi connectivity index (χ4v) is 5.24. The highest BCUT2D eigenvalue weighted by molar-refractivity contribution is 5.92. The van der Waals surface area contributed by atoms with Gasteiger partial charge in [0.25, 0.3) is 0 Å². The number of nitrogens with zero attached hydrogens (tertiary/aromatic N) is 1. The van der Waals surface area contributed by atoms with Gasteiger partial charge in [-0.25, -0.2) is 4.79 Å². The van der Waals surface area contributed by atoms with Crippen LogP contribution in [0.3, 0.4) is 0 Å². The number of hydrogen-bond donors (Lipinski definition) is 1. The number of para-hydroxylation sites is 2. The summed E-state index contributed by atoms with van der Waals surface area (Å²) >= 11 is 0. The van der Waals surface area contributed by atoms with Gasteiger partial charge in [0.2, 0.25) is 0 Å². The minimum atomic E-state index is -0.420. The van der Waals surface area contributed by atoms with Gasteiger partial charge in [0.15, 0.2) is 0 Å². The average molecular weight is 531 g/mol. The van der Waals surface area contributed by atoms with Crippen molar-refractivity contribution in [1.29, 1.82) is 0 Å². The van der Waals surface area contributed by atoms with E-state index in [2.05, 4.69) is 78.7 Å². The van der Waals surface area contributed by atoms with Crippen molar-refractivity contribution < 1.29 is 14.3 Å². The summed E-state index contributed by atoms with van der Waals surface area (Å²) in [6, 6.07) is 29.3. The largest absolute Gasteiger partial charge is 0.483 e. The van der Waals surface area contributed by atoms with Crippen LogP contribution in [0.1, 0.15) is 47.8 Å². The maximum Gasteiger partial charge on any atom is 0.338 e. The molecule has 1 aliphatic heterocycles. The quantitative estimate of drug-likeness (QED) is 0.252. The molecule has 0 saturated carbocycles. The number of methoxy groups -OCH3 is 1. The van der Waals surface area contributed by atoms with E-state index in [1.54, 1.807) is 0 Å². The first-order valence-electron chi connectivity index (χ1n) is 12.8. The lowest BCUT2D eigenvalue weighted by molar-refractivity contribution is 0.0600. The van der Waals surface area contributed by atoms with Gasteiger partial charge in [-0.15, -0.1) is 12.4 Å². The summed E-state index contributed by atoms with van der Waals surface area (Å²) in [6.45, 7) is 7.77. The smallest absolute Gasteiger partial charge is 0.338 e. The predicted molar refractivity (Wildman–Crippen MR) is 157 cm³/mol. The van der Waals surface area contributed by atoms with Crippen molar-refractivity contribution in [3.63, 3.8) is 0 Å². The molecule has 5 rings (SSSR count). The number of carbonyl (C=O) groups excluding carboxylic acids is 1. The van der Waals surface area contributed by atoms with Crippen molar-refractivity contribution >= 4 is 40.5 Å². The van der Waals surface area contributed by atoms with Crippen LogP contribution in [0.2, 0.25) is 0 Å². The van der Waals surface area contributed by atoms with Crippen LogP contribution in [-0.2, 0) is 4.74 Å². The minimum absolute atomic E-state index is 0. The molecule has 1 heterocycles. The van der Waals surface area contributed by atoms with Crippen LogP contribution < -0.4 is 15.0 Å². The summed E-state index contributed by atoms with van der Waals surface area (Å²) < 4.78 is 11.6. The summed E-state index contributed by atoms with van der Waals surface area (Å²) in [5.41, 5.74) is 4.30. The molecule has 0 aromatic heterocycles. The summed E-state index contributed by atoms with van der Waals surface area (Å²) in [5, 5.41) is 6.26. The van der Waals surface area contributed by atoms with Gasteiger partial charge in [-0.05, 0) is 73.5 Å². The van der Waals surface area contributed by atoms with Gasteiger partial charge >= 0.3 is 5.97 Å². The summed E-state index contributed by atoms with van der Waals surface area (Å²) in [6.07, 6.45) is 0.822. The lowest BCUT2D eigenvalue weighted by Gasteiger charge is -2.43. The van der Waals surface area contributed by atoms with E-state index in [1.807, 2.05) is 37.3 Å². The van der Waals surface area contributed by atoms with E-state index in [0.29, 0.717) is 12.1 Å². The second-order valence-electron chi connectivity index (χ2n) is 10.1. The molecule has 2 atom stereocenters. The molecule has 4 aromatic carbocycles. The van der Waals surface area contributed by atoms with Gasteiger partial charge in [0.1, 0.15) is 11.4 Å². The number of anilines is 2. The zero-order chi connectivity index (χ0) is 26.0. The molecular formula is C32H35ClN2O3. The molecule has 1 unspecified atom stereocenters. The van der Waals surface area contributed by atoms with E-state index < -0.39 is 5.60 Å². The fraction of sp³-hybridized carbons (Fsp3) is 0.281. The molecular weight excluding hydrogens is 496 g/mol. The van der Waals surface area contributed by atoms with Gasteiger partial charge in [-0.3, -0.25) is 0 Å². The van der Waals surface area contributed by atoms with E-state index in [4.69, 9.17) is 9.47 Å². The average Bonchev–Trinajstić information content (AvgIpc) is 2.92. The van der Waals surface area contributed by atoms with Gasteiger partial charge in [-0.2, -0.15) is 0 Å². The van der Waals surface area contributed by atoms with Crippen LogP contribution in [-0.4, -0.2) is 31.8 Å². The third-order valence-corrected chi connectivity index (χ3v) is 7.34. The molecule has 0 fully saturated rings. The van der Waals surface area contributed by atoms with Crippen molar-refractivity contribution in [2.24, 2.45) is 0 Å². The number of esters is 1. The van der Waals surface area contributed by atoms with Crippen LogP contribution >= 0.6 is 12.4 Å². The molecule has 0 saturated heterocycles. The van der Waals surface area contributed by atoms with Crippen molar-refractivity contribution in [2.75, 3.05) is 25.1 Å². The van der Waals surface area contributed by atoms with Gasteiger partial charge in [-0.1, -0.05) is 60.7 Å². The zero-order valence-corrected chi connectivity index (χ0v) is 23.2. The second-order valence-corrected chi connectivity index (χ2v) is 10.1. The number of hydrogen-bond acceptors (Lipinski definition) is 5. The molecule has 1 aliphatic rings. The topological polar surface area (TPSA) is 50.8 Å². The number of rotatable bonds is 7. The standard InChI is InChI=1S/C32H34N2O3.ClH/c1-22-16-17-25(20-28(22)31(35)36-4)34-21-32(3,37-30-15-8-7-14-29(30)34)18-19-33-23(2)26-13-9-11-24-10-5-6-12-27(24)26;/h5-17,20,23,33H,18-19,21H2,1-4H3;1H/t23-,32?;/m1./s1. The number of ether oxygens (including phenoxy) is 2. The minimum Gasteiger partial charge on any atom is -0.483 e. The molecule has 0 radical (unpaired) electrons. The van der Waals surface area contributed by atoms with Gasteiger partial charge in [0.05, 0.1) is 24.9 Å². The third kappa shape index (κ3) is 5.50. The Balaban J connectivity index is 0.00000336. The Hall–Kier alpha value is -3.54. The molecule has 0 aliphatic carbocycles. The SMILES string of the molecule is COC(=O)c1cc(N2CC(C)(CCN[C@H](C)c3cccc4ccccc34)Oc3ccccc32)ccc1C.Cl. The molecule has 0 amide bonds. The van der Waals surface area contributed by atoms with Crippen molar-refractivity contribution in [2.45, 2.75) is 38.8 Å². The number of carbonyl (C=O) groups is 1. The monoisotopic (exact) mass is 530 g/mol. The van der Waals surface area contributed by atoms with E-state index in [0.717, 1.165) is 35.7 Å². The molecule has 198 valence electrons. The number of fused-ring (bicyclic) bond motifs is 2. The van der Waals surface area contributed by atoms with E-state index in [-0.39, 0.29) is 24.4 Å². The maximum atomic E-state index is 12.4. The highest BCUT2D eigenvalue weighted by Crippen LogP contribution is 2.42. The highest BCUT2D eigenvalue weighted by Gasteiger charge is 2.36. The highest BCUT2D eigenvalue weighted by atomic mass is 35.5. The van der Waals surface area contributed by atoms with Crippen molar-refractivity contribution in [3.05, 3.63) is 102 Å². The van der Waals surface area contributed by atoms with E-state index >= 15 is 0 Å². The first kappa shape index (κ1) is 27.5. The zero-order valence-electron chi connectivity index (χ0n) is 22.4. The number of benzene rings is 4. The summed E-state index contributed by atoms with van der Waals surface area (Å²) in [5.74, 6) is 0.522. The van der Waals surface area contributed by atoms with Gasteiger partial charge < -0.3 is 19.7 Å². The lowest BCUT2D eigenvalue weighted by Crippen LogP contribution is -2.49. The number of halogens is 1. The predicted octanol–water partition coefficient (Wildman–Crippen LogP) is 7.39. The van der Waals surface area contributed by atoms with Crippen molar-refractivity contribution in [3.8, 4) is 5.75 Å². The molecule has 1 N–H and O–H groups in total. The second kappa shape index (κ2) is 11.5. The Labute approximate surface area is 231 Å². The Morgan fingerprint density at radius 2 is 1.79 bits per heavy atom. The van der Waals surface area contributed by atoms with Crippen LogP contribution in [0.25, 0.3) is 10.8 Å². The maximum absolute atomic E-state index is 12.4. The molecule has 0 spiro atoms. The number of aryl methyl sites for hydroxylation is 1. The van der Waals surface area contributed by atoms with Crippen LogP contribution in [0.15, 0.2) is 84.9 Å². The Bertz CT molecular complexity index is 1430. The van der Waals surface area contributed by atoms with Crippen LogP contribution in [0.4, 0.5) is 11.4 Å². The Morgan fingerprint density at radius 1 is 1.05 bits per heavy atom. The Kier molecular flexibility index (Phi) is 8.29. The summed E-state index contributed by atoms with van der Waals surface area (Å²) in [4.78, 5) is 14.6. The molecule has 38 heavy (non-hydrogen) atoms. The molecule has 0 bridgehead atoms.